The van der Waals surface area contributed by atoms with E-state index in [1.807, 2.05) is 0 Å². The summed E-state index contributed by atoms with van der Waals surface area (Å²) in [4.78, 5) is 0. The first kappa shape index (κ1) is 12.0. The number of rotatable bonds is 3. The summed E-state index contributed by atoms with van der Waals surface area (Å²) in [6, 6.07) is 0. The molecule has 0 aromatic carbocycles. The quantitative estimate of drug-likeness (QED) is 0.782. The molecule has 4 fully saturated rings. The minimum absolute atomic E-state index is 0.218. The molecule has 2 atom stereocenters. The molecule has 0 aromatic heterocycles. The molecular formula is C16H29N. The third-order valence-electron chi connectivity index (χ3n) is 6.95. The largest absolute Gasteiger partial charge is 0.325 e. The summed E-state index contributed by atoms with van der Waals surface area (Å²) in [6.45, 7) is 7.33. The van der Waals surface area contributed by atoms with Gasteiger partial charge in [-0.2, -0.15) is 0 Å². The molecule has 4 saturated carbocycles. The molecule has 4 rings (SSSR count). The summed E-state index contributed by atoms with van der Waals surface area (Å²) < 4.78 is 0. The Hall–Kier alpha value is -0.0400. The van der Waals surface area contributed by atoms with Crippen LogP contribution >= 0.6 is 0 Å². The van der Waals surface area contributed by atoms with Gasteiger partial charge in [-0.25, -0.2) is 0 Å². The van der Waals surface area contributed by atoms with Crippen LogP contribution in [0, 0.1) is 22.7 Å². The van der Waals surface area contributed by atoms with E-state index in [1.165, 1.54) is 51.4 Å². The molecule has 17 heavy (non-hydrogen) atoms. The predicted octanol–water partition coefficient (Wildman–Crippen LogP) is 4.11. The molecule has 0 aromatic rings. The summed E-state index contributed by atoms with van der Waals surface area (Å²) >= 11 is 0. The first-order valence-corrected chi connectivity index (χ1v) is 7.73. The summed E-state index contributed by atoms with van der Waals surface area (Å²) in [6.07, 6.45) is 11.1. The second kappa shape index (κ2) is 3.50. The minimum Gasteiger partial charge on any atom is -0.325 e. The van der Waals surface area contributed by atoms with Crippen molar-refractivity contribution in [1.29, 1.82) is 0 Å². The second-order valence-corrected chi connectivity index (χ2v) is 7.87. The van der Waals surface area contributed by atoms with Crippen LogP contribution < -0.4 is 5.73 Å². The van der Waals surface area contributed by atoms with E-state index in [1.54, 1.807) is 0 Å². The van der Waals surface area contributed by atoms with Gasteiger partial charge in [-0.05, 0) is 61.2 Å². The maximum atomic E-state index is 6.71. The van der Waals surface area contributed by atoms with Gasteiger partial charge in [0.15, 0.2) is 0 Å². The van der Waals surface area contributed by atoms with Crippen molar-refractivity contribution in [2.75, 3.05) is 0 Å². The maximum absolute atomic E-state index is 6.71. The highest BCUT2D eigenvalue weighted by molar-refractivity contribution is 5.14. The Morgan fingerprint density at radius 2 is 1.59 bits per heavy atom. The molecule has 0 heterocycles. The van der Waals surface area contributed by atoms with E-state index in [-0.39, 0.29) is 5.54 Å². The molecule has 2 N–H and O–H groups in total. The summed E-state index contributed by atoms with van der Waals surface area (Å²) in [5.74, 6) is 1.91. The molecule has 4 aliphatic carbocycles. The van der Waals surface area contributed by atoms with Crippen molar-refractivity contribution >= 4 is 0 Å². The van der Waals surface area contributed by atoms with Crippen LogP contribution in [0.1, 0.15) is 72.1 Å². The van der Waals surface area contributed by atoms with Crippen LogP contribution in [-0.4, -0.2) is 5.54 Å². The van der Waals surface area contributed by atoms with Gasteiger partial charge in [0.05, 0.1) is 0 Å². The maximum Gasteiger partial charge on any atom is 0.0165 e. The molecule has 0 radical (unpaired) electrons. The number of nitrogens with two attached hydrogens (primary N) is 1. The van der Waals surface area contributed by atoms with Crippen LogP contribution in [-0.2, 0) is 0 Å². The highest BCUT2D eigenvalue weighted by atomic mass is 14.8. The number of hydrogen-bond acceptors (Lipinski definition) is 1. The van der Waals surface area contributed by atoms with Gasteiger partial charge in [0.2, 0.25) is 0 Å². The van der Waals surface area contributed by atoms with Crippen molar-refractivity contribution in [2.24, 2.45) is 28.4 Å². The van der Waals surface area contributed by atoms with Gasteiger partial charge < -0.3 is 5.73 Å². The van der Waals surface area contributed by atoms with Gasteiger partial charge in [-0.15, -0.1) is 0 Å². The van der Waals surface area contributed by atoms with E-state index in [0.29, 0.717) is 10.8 Å². The molecule has 0 spiro atoms. The van der Waals surface area contributed by atoms with Crippen molar-refractivity contribution in [3.8, 4) is 0 Å². The van der Waals surface area contributed by atoms with Gasteiger partial charge >= 0.3 is 0 Å². The third-order valence-corrected chi connectivity index (χ3v) is 6.95. The SMILES string of the molecule is CCC(C)(CC)C12CC3CC(CC(N)(C3)C1)C2. The smallest absolute Gasteiger partial charge is 0.0165 e. The van der Waals surface area contributed by atoms with Crippen molar-refractivity contribution in [1.82, 2.24) is 0 Å². The fourth-order valence-corrected chi connectivity index (χ4v) is 6.04. The van der Waals surface area contributed by atoms with Crippen molar-refractivity contribution < 1.29 is 0 Å². The van der Waals surface area contributed by atoms with Gasteiger partial charge in [-0.3, -0.25) is 0 Å². The first-order valence-electron chi connectivity index (χ1n) is 7.73. The monoisotopic (exact) mass is 235 g/mol. The van der Waals surface area contributed by atoms with Crippen LogP contribution in [0.2, 0.25) is 0 Å². The zero-order valence-corrected chi connectivity index (χ0v) is 11.9. The van der Waals surface area contributed by atoms with E-state index in [0.717, 1.165) is 11.8 Å². The molecule has 0 aliphatic heterocycles. The lowest BCUT2D eigenvalue weighted by atomic mass is 9.40. The van der Waals surface area contributed by atoms with Crippen LogP contribution in [0.25, 0.3) is 0 Å². The molecule has 0 saturated heterocycles. The molecular weight excluding hydrogens is 206 g/mol. The Morgan fingerprint density at radius 3 is 2.00 bits per heavy atom. The Balaban J connectivity index is 1.98. The topological polar surface area (TPSA) is 26.0 Å². The lowest BCUT2D eigenvalue weighted by molar-refractivity contribution is -0.137. The fourth-order valence-electron chi connectivity index (χ4n) is 6.04. The Labute approximate surface area is 107 Å². The highest BCUT2D eigenvalue weighted by Gasteiger charge is 2.61. The number of hydrogen-bond donors (Lipinski definition) is 1. The van der Waals surface area contributed by atoms with Crippen LogP contribution in [0.15, 0.2) is 0 Å². The lowest BCUT2D eigenvalue weighted by Gasteiger charge is -2.66. The molecule has 0 amide bonds. The zero-order chi connectivity index (χ0) is 12.3. The standard InChI is InChI=1S/C16H29N/c1-4-14(3,5-2)15-7-12-6-13(8-15)10-16(17,9-12)11-15/h12-13H,4-11,17H2,1-3H3. The van der Waals surface area contributed by atoms with Crippen LogP contribution in [0.5, 0.6) is 0 Å². The predicted molar refractivity (Wildman–Crippen MR) is 72.7 cm³/mol. The fraction of sp³-hybridized carbons (Fsp3) is 1.00. The lowest BCUT2D eigenvalue weighted by Crippen LogP contribution is -2.63. The second-order valence-electron chi connectivity index (χ2n) is 7.87. The van der Waals surface area contributed by atoms with Crippen molar-refractivity contribution in [3.63, 3.8) is 0 Å². The average molecular weight is 235 g/mol. The third kappa shape index (κ3) is 1.54. The Morgan fingerprint density at radius 1 is 1.06 bits per heavy atom. The Bertz CT molecular complexity index is 301. The first-order chi connectivity index (χ1) is 7.94. The molecule has 98 valence electrons. The minimum atomic E-state index is 0.218. The molecule has 4 aliphatic rings. The summed E-state index contributed by atoms with van der Waals surface area (Å²) in [5.41, 5.74) is 8.06. The van der Waals surface area contributed by atoms with E-state index >= 15 is 0 Å². The molecule has 2 unspecified atom stereocenters. The van der Waals surface area contributed by atoms with E-state index < -0.39 is 0 Å². The molecule has 4 bridgehead atoms. The van der Waals surface area contributed by atoms with Gasteiger partial charge in [0.1, 0.15) is 0 Å². The normalized spacial score (nSPS) is 48.7. The van der Waals surface area contributed by atoms with Gasteiger partial charge in [-0.1, -0.05) is 33.6 Å². The highest BCUT2D eigenvalue weighted by Crippen LogP contribution is 2.67. The molecule has 1 nitrogen and oxygen atoms in total. The molecule has 1 heteroatoms. The summed E-state index contributed by atoms with van der Waals surface area (Å²) in [5, 5.41) is 0. The van der Waals surface area contributed by atoms with Gasteiger partial charge in [0.25, 0.3) is 0 Å². The summed E-state index contributed by atoms with van der Waals surface area (Å²) in [7, 11) is 0. The van der Waals surface area contributed by atoms with Gasteiger partial charge in [0, 0.05) is 5.54 Å². The van der Waals surface area contributed by atoms with E-state index in [9.17, 15) is 0 Å². The van der Waals surface area contributed by atoms with Crippen LogP contribution in [0.4, 0.5) is 0 Å². The zero-order valence-electron chi connectivity index (χ0n) is 11.9. The Kier molecular flexibility index (Phi) is 2.47. The van der Waals surface area contributed by atoms with Crippen molar-refractivity contribution in [3.05, 3.63) is 0 Å². The van der Waals surface area contributed by atoms with Crippen molar-refractivity contribution in [2.45, 2.75) is 77.7 Å². The van der Waals surface area contributed by atoms with E-state index in [4.69, 9.17) is 5.73 Å². The van der Waals surface area contributed by atoms with Crippen LogP contribution in [0.3, 0.4) is 0 Å². The average Bonchev–Trinajstić information content (AvgIpc) is 2.24. The van der Waals surface area contributed by atoms with E-state index in [2.05, 4.69) is 20.8 Å².